The quantitative estimate of drug-likeness (QED) is 0.800. The lowest BCUT2D eigenvalue weighted by atomic mass is 10.2. The summed E-state index contributed by atoms with van der Waals surface area (Å²) >= 11 is 0. The number of nitrogens with one attached hydrogen (secondary N) is 1. The van der Waals surface area contributed by atoms with Crippen LogP contribution in [-0.2, 0) is 16.1 Å². The van der Waals surface area contributed by atoms with Gasteiger partial charge in [-0.05, 0) is 12.6 Å². The predicted octanol–water partition coefficient (Wildman–Crippen LogP) is 0.251. The molecule has 6 heteroatoms. The van der Waals surface area contributed by atoms with E-state index in [2.05, 4.69) is 52.5 Å². The molecule has 1 amide bonds. The van der Waals surface area contributed by atoms with Crippen molar-refractivity contribution < 1.29 is 9.53 Å². The summed E-state index contributed by atoms with van der Waals surface area (Å²) in [6.45, 7) is 8.69. The molecule has 0 saturated carbocycles. The Bertz CT molecular complexity index is 525. The summed E-state index contributed by atoms with van der Waals surface area (Å²) < 4.78 is 5.58. The molecule has 0 unspecified atom stereocenters. The third-order valence-corrected chi connectivity index (χ3v) is 4.98. The fourth-order valence-corrected chi connectivity index (χ4v) is 3.41. The Morgan fingerprint density at radius 3 is 2.68 bits per heavy atom. The first-order chi connectivity index (χ1) is 12.2. The maximum Gasteiger partial charge on any atom is 0.253 e. The van der Waals surface area contributed by atoms with Crippen molar-refractivity contribution in [2.45, 2.75) is 12.6 Å². The molecule has 0 aliphatic carbocycles. The number of piperazine rings is 1. The Morgan fingerprint density at radius 2 is 2.00 bits per heavy atom. The van der Waals surface area contributed by atoms with E-state index >= 15 is 0 Å². The number of nitrogens with zero attached hydrogens (tertiary/aromatic N) is 3. The van der Waals surface area contributed by atoms with E-state index in [0.29, 0.717) is 13.2 Å². The molecule has 0 bridgehead atoms. The topological polar surface area (TPSA) is 48.0 Å². The number of rotatable bonds is 6. The number of morpholine rings is 1. The van der Waals surface area contributed by atoms with E-state index in [9.17, 15) is 4.79 Å². The second-order valence-corrected chi connectivity index (χ2v) is 6.95. The molecule has 1 aromatic rings. The molecule has 2 heterocycles. The standard InChI is InChI=1S/C19H30N4O2/c1-21(16-17-5-3-2-4-6-17)8-9-22-10-12-23(13-11-22)19(24)18-15-20-7-14-25-18/h2-6,18,20H,7-16H2,1H3/t18-/m1/s1. The minimum Gasteiger partial charge on any atom is -0.366 e. The Labute approximate surface area is 150 Å². The molecule has 6 nitrogen and oxygen atoms in total. The van der Waals surface area contributed by atoms with Crippen molar-refractivity contribution >= 4 is 5.91 Å². The van der Waals surface area contributed by atoms with Gasteiger partial charge in [0.2, 0.25) is 0 Å². The highest BCUT2D eigenvalue weighted by molar-refractivity contribution is 5.81. The van der Waals surface area contributed by atoms with Crippen molar-refractivity contribution in [3.05, 3.63) is 35.9 Å². The molecule has 3 rings (SSSR count). The lowest BCUT2D eigenvalue weighted by Crippen LogP contribution is -2.55. The highest BCUT2D eigenvalue weighted by Gasteiger charge is 2.29. The van der Waals surface area contributed by atoms with Crippen LogP contribution < -0.4 is 5.32 Å². The molecule has 0 spiro atoms. The van der Waals surface area contributed by atoms with Crippen LogP contribution in [0.3, 0.4) is 0 Å². The summed E-state index contributed by atoms with van der Waals surface area (Å²) in [5.74, 6) is 0.146. The number of carbonyl (C=O) groups is 1. The number of amides is 1. The van der Waals surface area contributed by atoms with Gasteiger partial charge in [-0.15, -0.1) is 0 Å². The average Bonchev–Trinajstić information content (AvgIpc) is 2.68. The molecule has 2 aliphatic rings. The molecule has 2 aliphatic heterocycles. The second kappa shape index (κ2) is 9.29. The molecular formula is C19H30N4O2. The summed E-state index contributed by atoms with van der Waals surface area (Å²) in [7, 11) is 2.17. The number of hydrogen-bond donors (Lipinski definition) is 1. The number of likely N-dealkylation sites (N-methyl/N-ethyl adjacent to an activating group) is 1. The molecule has 1 aromatic carbocycles. The van der Waals surface area contributed by atoms with Crippen molar-refractivity contribution in [2.75, 3.05) is 66.0 Å². The van der Waals surface area contributed by atoms with Crippen LogP contribution in [0.4, 0.5) is 0 Å². The molecule has 1 N–H and O–H groups in total. The van der Waals surface area contributed by atoms with Gasteiger partial charge in [-0.25, -0.2) is 0 Å². The molecule has 138 valence electrons. The van der Waals surface area contributed by atoms with Crippen molar-refractivity contribution in [1.82, 2.24) is 20.0 Å². The molecule has 0 radical (unpaired) electrons. The van der Waals surface area contributed by atoms with Crippen LogP contribution in [0.2, 0.25) is 0 Å². The first-order valence-electron chi connectivity index (χ1n) is 9.28. The molecule has 0 aromatic heterocycles. The minimum absolute atomic E-state index is 0.146. The predicted molar refractivity (Wildman–Crippen MR) is 98.4 cm³/mol. The number of ether oxygens (including phenoxy) is 1. The smallest absolute Gasteiger partial charge is 0.253 e. The van der Waals surface area contributed by atoms with Gasteiger partial charge in [0.15, 0.2) is 0 Å². The third kappa shape index (κ3) is 5.51. The molecular weight excluding hydrogens is 316 g/mol. The van der Waals surface area contributed by atoms with Crippen LogP contribution in [0.5, 0.6) is 0 Å². The van der Waals surface area contributed by atoms with Crippen LogP contribution >= 0.6 is 0 Å². The van der Waals surface area contributed by atoms with Gasteiger partial charge < -0.3 is 19.9 Å². The summed E-state index contributed by atoms with van der Waals surface area (Å²) in [4.78, 5) is 19.2. The summed E-state index contributed by atoms with van der Waals surface area (Å²) in [6, 6.07) is 10.6. The Morgan fingerprint density at radius 1 is 1.24 bits per heavy atom. The van der Waals surface area contributed by atoms with E-state index in [1.54, 1.807) is 0 Å². The normalized spacial score (nSPS) is 22.3. The first kappa shape index (κ1) is 18.3. The van der Waals surface area contributed by atoms with Crippen molar-refractivity contribution in [1.29, 1.82) is 0 Å². The summed E-state index contributed by atoms with van der Waals surface area (Å²) in [5, 5.41) is 3.23. The van der Waals surface area contributed by atoms with E-state index < -0.39 is 0 Å². The van der Waals surface area contributed by atoms with Gasteiger partial charge in [-0.2, -0.15) is 0 Å². The zero-order chi connectivity index (χ0) is 17.5. The number of carbonyl (C=O) groups excluding carboxylic acids is 1. The number of hydrogen-bond acceptors (Lipinski definition) is 5. The van der Waals surface area contributed by atoms with Crippen LogP contribution in [0, 0.1) is 0 Å². The van der Waals surface area contributed by atoms with Gasteiger partial charge in [0.1, 0.15) is 6.10 Å². The molecule has 25 heavy (non-hydrogen) atoms. The zero-order valence-corrected chi connectivity index (χ0v) is 15.2. The zero-order valence-electron chi connectivity index (χ0n) is 15.2. The first-order valence-corrected chi connectivity index (χ1v) is 9.28. The number of benzene rings is 1. The van der Waals surface area contributed by atoms with Crippen LogP contribution in [0.1, 0.15) is 5.56 Å². The fourth-order valence-electron chi connectivity index (χ4n) is 3.41. The summed E-state index contributed by atoms with van der Waals surface area (Å²) in [6.07, 6.45) is -0.294. The Kier molecular flexibility index (Phi) is 6.81. The molecule has 2 fully saturated rings. The van der Waals surface area contributed by atoms with E-state index in [1.807, 2.05) is 4.90 Å². The second-order valence-electron chi connectivity index (χ2n) is 6.95. The van der Waals surface area contributed by atoms with E-state index in [0.717, 1.165) is 52.4 Å². The lowest BCUT2D eigenvalue weighted by molar-refractivity contribution is -0.147. The van der Waals surface area contributed by atoms with Gasteiger partial charge in [-0.1, -0.05) is 30.3 Å². The monoisotopic (exact) mass is 346 g/mol. The van der Waals surface area contributed by atoms with Gasteiger partial charge in [0.05, 0.1) is 6.61 Å². The average molecular weight is 346 g/mol. The van der Waals surface area contributed by atoms with Gasteiger partial charge >= 0.3 is 0 Å². The van der Waals surface area contributed by atoms with Crippen LogP contribution in [0.25, 0.3) is 0 Å². The Balaban J connectivity index is 1.35. The SMILES string of the molecule is CN(CCN1CCN(C(=O)[C@H]2CNCCO2)CC1)Cc1ccccc1. The van der Waals surface area contributed by atoms with E-state index in [1.165, 1.54) is 5.56 Å². The van der Waals surface area contributed by atoms with Gasteiger partial charge in [-0.3, -0.25) is 9.69 Å². The van der Waals surface area contributed by atoms with Crippen LogP contribution in [0.15, 0.2) is 30.3 Å². The largest absolute Gasteiger partial charge is 0.366 e. The third-order valence-electron chi connectivity index (χ3n) is 4.98. The van der Waals surface area contributed by atoms with E-state index in [-0.39, 0.29) is 12.0 Å². The van der Waals surface area contributed by atoms with E-state index in [4.69, 9.17) is 4.74 Å². The van der Waals surface area contributed by atoms with Crippen molar-refractivity contribution in [3.8, 4) is 0 Å². The maximum atomic E-state index is 12.5. The highest BCUT2D eigenvalue weighted by Crippen LogP contribution is 2.08. The lowest BCUT2D eigenvalue weighted by Gasteiger charge is -2.37. The van der Waals surface area contributed by atoms with Crippen LogP contribution in [-0.4, -0.2) is 92.7 Å². The van der Waals surface area contributed by atoms with Crippen molar-refractivity contribution in [2.24, 2.45) is 0 Å². The van der Waals surface area contributed by atoms with Crippen molar-refractivity contribution in [3.63, 3.8) is 0 Å². The Hall–Kier alpha value is -1.47. The fraction of sp³-hybridized carbons (Fsp3) is 0.632. The van der Waals surface area contributed by atoms with Gasteiger partial charge in [0.25, 0.3) is 5.91 Å². The molecule has 2 saturated heterocycles. The minimum atomic E-state index is -0.294. The molecule has 1 atom stereocenters. The highest BCUT2D eigenvalue weighted by atomic mass is 16.5. The maximum absolute atomic E-state index is 12.5. The van der Waals surface area contributed by atoms with Gasteiger partial charge in [0, 0.05) is 58.9 Å². The summed E-state index contributed by atoms with van der Waals surface area (Å²) in [5.41, 5.74) is 1.35.